The highest BCUT2D eigenvalue weighted by Gasteiger charge is 2.33. The third-order valence-corrected chi connectivity index (χ3v) is 5.93. The van der Waals surface area contributed by atoms with Crippen LogP contribution in [-0.2, 0) is 10.2 Å². The molecule has 0 radical (unpaired) electrons. The van der Waals surface area contributed by atoms with E-state index in [0.29, 0.717) is 24.8 Å². The Kier molecular flexibility index (Phi) is 4.28. The summed E-state index contributed by atoms with van der Waals surface area (Å²) in [6, 6.07) is 0.0982. The van der Waals surface area contributed by atoms with Gasteiger partial charge in [0.05, 0.1) is 5.92 Å². The van der Waals surface area contributed by atoms with Crippen molar-refractivity contribution < 1.29 is 12.9 Å². The van der Waals surface area contributed by atoms with Crippen molar-refractivity contribution in [1.29, 1.82) is 0 Å². The molecule has 21 heavy (non-hydrogen) atoms. The molecule has 2 aliphatic rings. The lowest BCUT2D eigenvalue weighted by atomic mass is 10.00. The Morgan fingerprint density at radius 3 is 2.67 bits per heavy atom. The monoisotopic (exact) mass is 314 g/mol. The highest BCUT2D eigenvalue weighted by Crippen LogP contribution is 2.27. The molecule has 0 aromatic carbocycles. The smallest absolute Gasteiger partial charge is 0.279 e. The summed E-state index contributed by atoms with van der Waals surface area (Å²) in [6.07, 6.45) is 5.81. The van der Waals surface area contributed by atoms with E-state index in [2.05, 4.69) is 14.9 Å². The molecule has 1 aliphatic carbocycles. The summed E-state index contributed by atoms with van der Waals surface area (Å²) in [5.41, 5.74) is 0. The Hall–Kier alpha value is -0.990. The lowest BCUT2D eigenvalue weighted by molar-refractivity contribution is 0.262. The molecule has 1 unspecified atom stereocenters. The average molecular weight is 314 g/mol. The van der Waals surface area contributed by atoms with Crippen LogP contribution in [0.4, 0.5) is 0 Å². The average Bonchev–Trinajstić information content (AvgIpc) is 3.10. The van der Waals surface area contributed by atoms with Crippen LogP contribution in [0.25, 0.3) is 0 Å². The summed E-state index contributed by atoms with van der Waals surface area (Å²) >= 11 is 0. The number of hydrogen-bond acceptors (Lipinski definition) is 5. The van der Waals surface area contributed by atoms with Crippen LogP contribution in [0, 0.1) is 6.92 Å². The van der Waals surface area contributed by atoms with Gasteiger partial charge in [-0.25, -0.2) is 0 Å². The highest BCUT2D eigenvalue weighted by atomic mass is 32.2. The number of nitrogens with one attached hydrogen (secondary N) is 1. The molecule has 1 aliphatic heterocycles. The molecule has 0 spiro atoms. The largest absolute Gasteiger partial charge is 0.339 e. The van der Waals surface area contributed by atoms with Crippen LogP contribution >= 0.6 is 0 Å². The SMILES string of the molecule is Cc1noc(C2CCCN(S(=O)(=O)NC3CCCC3)C2)n1. The summed E-state index contributed by atoms with van der Waals surface area (Å²) in [5, 5.41) is 3.79. The summed E-state index contributed by atoms with van der Waals surface area (Å²) < 4.78 is 34.5. The van der Waals surface area contributed by atoms with Crippen molar-refractivity contribution >= 4 is 10.2 Å². The van der Waals surface area contributed by atoms with E-state index in [-0.39, 0.29) is 12.0 Å². The minimum Gasteiger partial charge on any atom is -0.339 e. The van der Waals surface area contributed by atoms with Crippen LogP contribution in [0.5, 0.6) is 0 Å². The van der Waals surface area contributed by atoms with Crippen molar-refractivity contribution in [3.8, 4) is 0 Å². The Labute approximate surface area is 125 Å². The van der Waals surface area contributed by atoms with Gasteiger partial charge in [0, 0.05) is 19.1 Å². The highest BCUT2D eigenvalue weighted by molar-refractivity contribution is 7.87. The van der Waals surface area contributed by atoms with Gasteiger partial charge in [0.2, 0.25) is 5.89 Å². The number of nitrogens with zero attached hydrogens (tertiary/aromatic N) is 3. The van der Waals surface area contributed by atoms with Gasteiger partial charge in [0.25, 0.3) is 10.2 Å². The van der Waals surface area contributed by atoms with Gasteiger partial charge in [0.15, 0.2) is 5.82 Å². The van der Waals surface area contributed by atoms with Crippen LogP contribution < -0.4 is 4.72 Å². The second-order valence-corrected chi connectivity index (χ2v) is 7.68. The minimum atomic E-state index is -3.41. The fourth-order valence-corrected chi connectivity index (χ4v) is 4.72. The summed E-state index contributed by atoms with van der Waals surface area (Å²) in [5.74, 6) is 1.14. The van der Waals surface area contributed by atoms with Crippen molar-refractivity contribution in [1.82, 2.24) is 19.2 Å². The van der Waals surface area contributed by atoms with Gasteiger partial charge in [-0.1, -0.05) is 18.0 Å². The van der Waals surface area contributed by atoms with E-state index in [1.807, 2.05) is 0 Å². The minimum absolute atomic E-state index is 0.0000954. The van der Waals surface area contributed by atoms with E-state index in [1.165, 1.54) is 4.31 Å². The van der Waals surface area contributed by atoms with Gasteiger partial charge < -0.3 is 4.52 Å². The Balaban J connectivity index is 1.67. The quantitative estimate of drug-likeness (QED) is 0.906. The van der Waals surface area contributed by atoms with E-state index in [0.717, 1.165) is 38.5 Å². The molecule has 2 fully saturated rings. The maximum absolute atomic E-state index is 12.5. The fraction of sp³-hybridized carbons (Fsp3) is 0.846. The fourth-order valence-electron chi connectivity index (χ4n) is 3.17. The number of aryl methyl sites for hydroxylation is 1. The molecular formula is C13H22N4O3S. The zero-order chi connectivity index (χ0) is 14.9. The number of hydrogen-bond donors (Lipinski definition) is 1. The van der Waals surface area contributed by atoms with Gasteiger partial charge in [-0.15, -0.1) is 0 Å². The molecule has 118 valence electrons. The second kappa shape index (κ2) is 6.02. The van der Waals surface area contributed by atoms with Crippen LogP contribution in [0.2, 0.25) is 0 Å². The second-order valence-electron chi connectivity index (χ2n) is 5.98. The van der Waals surface area contributed by atoms with Gasteiger partial charge in [-0.3, -0.25) is 0 Å². The van der Waals surface area contributed by atoms with E-state index in [9.17, 15) is 8.42 Å². The maximum Gasteiger partial charge on any atom is 0.279 e. The first kappa shape index (κ1) is 14.9. The van der Waals surface area contributed by atoms with E-state index in [4.69, 9.17) is 4.52 Å². The number of rotatable bonds is 4. The molecule has 1 saturated carbocycles. The number of aromatic nitrogens is 2. The first-order valence-corrected chi connectivity index (χ1v) is 9.06. The van der Waals surface area contributed by atoms with Gasteiger partial charge in [-0.2, -0.15) is 22.4 Å². The molecular weight excluding hydrogens is 292 g/mol. The molecule has 0 amide bonds. The molecule has 7 nitrogen and oxygen atoms in total. The van der Waals surface area contributed by atoms with Gasteiger partial charge >= 0.3 is 0 Å². The zero-order valence-corrected chi connectivity index (χ0v) is 13.1. The Morgan fingerprint density at radius 2 is 2.00 bits per heavy atom. The molecule has 1 aromatic heterocycles. The molecule has 8 heteroatoms. The van der Waals surface area contributed by atoms with Crippen LogP contribution in [0.3, 0.4) is 0 Å². The van der Waals surface area contributed by atoms with Gasteiger partial charge in [0.1, 0.15) is 0 Å². The third kappa shape index (κ3) is 3.44. The summed E-state index contributed by atoms with van der Waals surface area (Å²) in [6.45, 7) is 2.75. The topological polar surface area (TPSA) is 88.3 Å². The molecule has 1 atom stereocenters. The van der Waals surface area contributed by atoms with Crippen molar-refractivity contribution in [2.45, 2.75) is 57.4 Å². The lowest BCUT2D eigenvalue weighted by Gasteiger charge is -2.31. The van der Waals surface area contributed by atoms with Crippen LogP contribution in [-0.4, -0.2) is 42.0 Å². The summed E-state index contributed by atoms with van der Waals surface area (Å²) in [7, 11) is -3.41. The van der Waals surface area contributed by atoms with Crippen LogP contribution in [0.15, 0.2) is 4.52 Å². The van der Waals surface area contributed by atoms with E-state index < -0.39 is 10.2 Å². The first-order valence-electron chi connectivity index (χ1n) is 7.62. The van der Waals surface area contributed by atoms with E-state index >= 15 is 0 Å². The third-order valence-electron chi connectivity index (χ3n) is 4.29. The Morgan fingerprint density at radius 1 is 1.24 bits per heavy atom. The molecule has 3 rings (SSSR count). The van der Waals surface area contributed by atoms with Gasteiger partial charge in [-0.05, 0) is 32.6 Å². The molecule has 1 N–H and O–H groups in total. The molecule has 1 saturated heterocycles. The standard InChI is InChI=1S/C13H22N4O3S/c1-10-14-13(20-15-10)11-5-4-8-17(9-11)21(18,19)16-12-6-2-3-7-12/h11-12,16H,2-9H2,1H3. The molecule has 1 aromatic rings. The van der Waals surface area contributed by atoms with Crippen molar-refractivity contribution in [2.75, 3.05) is 13.1 Å². The lowest BCUT2D eigenvalue weighted by Crippen LogP contribution is -2.48. The van der Waals surface area contributed by atoms with Crippen LogP contribution in [0.1, 0.15) is 56.2 Å². The summed E-state index contributed by atoms with van der Waals surface area (Å²) in [4.78, 5) is 4.23. The van der Waals surface area contributed by atoms with E-state index in [1.54, 1.807) is 6.92 Å². The van der Waals surface area contributed by atoms with Crippen molar-refractivity contribution in [2.24, 2.45) is 0 Å². The normalized spacial score (nSPS) is 25.5. The zero-order valence-electron chi connectivity index (χ0n) is 12.3. The predicted molar refractivity (Wildman–Crippen MR) is 76.9 cm³/mol. The van der Waals surface area contributed by atoms with Crippen molar-refractivity contribution in [3.63, 3.8) is 0 Å². The number of piperidine rings is 1. The molecule has 2 heterocycles. The predicted octanol–water partition coefficient (Wildman–Crippen LogP) is 1.33. The molecule has 0 bridgehead atoms. The Bertz CT molecular complexity index is 580. The first-order chi connectivity index (χ1) is 10.0. The maximum atomic E-state index is 12.5. The van der Waals surface area contributed by atoms with Crippen molar-refractivity contribution in [3.05, 3.63) is 11.7 Å².